The second kappa shape index (κ2) is 3.28. The number of hydrogen-bond acceptors (Lipinski definition) is 1. The molecule has 0 bridgehead atoms. The highest BCUT2D eigenvalue weighted by molar-refractivity contribution is 6.31. The van der Waals surface area contributed by atoms with Crippen molar-refractivity contribution in [1.29, 1.82) is 0 Å². The highest BCUT2D eigenvalue weighted by atomic mass is 35.5. The highest BCUT2D eigenvalue weighted by Crippen LogP contribution is 2.25. The van der Waals surface area contributed by atoms with Crippen LogP contribution in [0, 0.1) is 12.7 Å². The van der Waals surface area contributed by atoms with E-state index in [0.29, 0.717) is 16.1 Å². The summed E-state index contributed by atoms with van der Waals surface area (Å²) in [7, 11) is 0. The molecule has 1 aromatic carbocycles. The highest BCUT2D eigenvalue weighted by Gasteiger charge is 2.17. The summed E-state index contributed by atoms with van der Waals surface area (Å²) in [6, 6.07) is 3.14. The van der Waals surface area contributed by atoms with Crippen LogP contribution in [-0.4, -0.2) is 0 Å². The summed E-state index contributed by atoms with van der Waals surface area (Å²) >= 11 is 5.83. The molecule has 0 fully saturated rings. The zero-order chi connectivity index (χ0) is 10.2. The lowest BCUT2D eigenvalue weighted by Crippen LogP contribution is -2.28. The lowest BCUT2D eigenvalue weighted by Gasteiger charge is -2.20. The maximum Gasteiger partial charge on any atom is 0.127 e. The summed E-state index contributed by atoms with van der Waals surface area (Å²) in [6.45, 7) is 5.27. The van der Waals surface area contributed by atoms with Crippen molar-refractivity contribution in [3.05, 3.63) is 34.1 Å². The number of rotatable bonds is 1. The van der Waals surface area contributed by atoms with Gasteiger partial charge in [-0.05, 0) is 38.5 Å². The van der Waals surface area contributed by atoms with E-state index in [1.54, 1.807) is 13.0 Å². The molecule has 0 aromatic heterocycles. The van der Waals surface area contributed by atoms with Crippen LogP contribution in [-0.2, 0) is 5.54 Å². The number of halogens is 2. The number of nitrogens with two attached hydrogens (primary N) is 1. The van der Waals surface area contributed by atoms with E-state index in [1.165, 1.54) is 6.07 Å². The summed E-state index contributed by atoms with van der Waals surface area (Å²) < 4.78 is 13.2. The molecule has 0 radical (unpaired) electrons. The molecule has 0 unspecified atom stereocenters. The molecule has 0 spiro atoms. The quantitative estimate of drug-likeness (QED) is 0.743. The van der Waals surface area contributed by atoms with Crippen LogP contribution >= 0.6 is 11.6 Å². The fourth-order valence-corrected chi connectivity index (χ4v) is 1.23. The van der Waals surface area contributed by atoms with Crippen molar-refractivity contribution in [2.45, 2.75) is 26.3 Å². The Balaban J connectivity index is 3.29. The molecule has 2 N–H and O–H groups in total. The first kappa shape index (κ1) is 10.5. The molecule has 0 heterocycles. The first-order valence-corrected chi connectivity index (χ1v) is 4.45. The average molecular weight is 202 g/mol. The van der Waals surface area contributed by atoms with Gasteiger partial charge in [-0.2, -0.15) is 0 Å². The largest absolute Gasteiger partial charge is 0.322 e. The van der Waals surface area contributed by atoms with E-state index in [2.05, 4.69) is 0 Å². The lowest BCUT2D eigenvalue weighted by molar-refractivity contribution is 0.542. The Bertz CT molecular complexity index is 305. The predicted octanol–water partition coefficient (Wildman–Crippen LogP) is 2.98. The minimum Gasteiger partial charge on any atom is -0.322 e. The fraction of sp³-hybridized carbons (Fsp3) is 0.400. The summed E-state index contributed by atoms with van der Waals surface area (Å²) in [5, 5.41) is 0.425. The van der Waals surface area contributed by atoms with Crippen molar-refractivity contribution in [2.75, 3.05) is 0 Å². The molecule has 0 saturated carbocycles. The summed E-state index contributed by atoms with van der Waals surface area (Å²) in [4.78, 5) is 0. The van der Waals surface area contributed by atoms with Gasteiger partial charge in [0, 0.05) is 16.1 Å². The van der Waals surface area contributed by atoms with Gasteiger partial charge in [-0.25, -0.2) is 4.39 Å². The van der Waals surface area contributed by atoms with Gasteiger partial charge in [0.2, 0.25) is 0 Å². The zero-order valence-electron chi connectivity index (χ0n) is 7.99. The zero-order valence-corrected chi connectivity index (χ0v) is 8.74. The smallest absolute Gasteiger partial charge is 0.127 e. The second-order valence-corrected chi connectivity index (χ2v) is 4.19. The molecule has 1 aromatic rings. The van der Waals surface area contributed by atoms with Crippen molar-refractivity contribution < 1.29 is 4.39 Å². The maximum absolute atomic E-state index is 13.2. The van der Waals surface area contributed by atoms with E-state index in [-0.39, 0.29) is 5.82 Å². The SMILES string of the molecule is Cc1c(F)cc(C(C)(C)N)cc1Cl. The van der Waals surface area contributed by atoms with Crippen LogP contribution < -0.4 is 5.73 Å². The summed E-state index contributed by atoms with van der Waals surface area (Å²) in [5.41, 5.74) is 6.44. The third-order valence-electron chi connectivity index (χ3n) is 2.02. The Morgan fingerprint density at radius 2 is 1.92 bits per heavy atom. The van der Waals surface area contributed by atoms with Crippen LogP contribution in [0.3, 0.4) is 0 Å². The van der Waals surface area contributed by atoms with E-state index in [9.17, 15) is 4.39 Å². The Hall–Kier alpha value is -0.600. The Morgan fingerprint density at radius 1 is 1.38 bits per heavy atom. The van der Waals surface area contributed by atoms with Crippen LogP contribution in [0.25, 0.3) is 0 Å². The third kappa shape index (κ3) is 2.20. The molecule has 0 aliphatic rings. The molecular weight excluding hydrogens is 189 g/mol. The molecular formula is C10H13ClFN. The molecule has 1 nitrogen and oxygen atoms in total. The van der Waals surface area contributed by atoms with Gasteiger partial charge in [-0.15, -0.1) is 0 Å². The first-order valence-electron chi connectivity index (χ1n) is 4.07. The van der Waals surface area contributed by atoms with Gasteiger partial charge in [-0.1, -0.05) is 11.6 Å². The lowest BCUT2D eigenvalue weighted by atomic mass is 9.94. The van der Waals surface area contributed by atoms with Gasteiger partial charge >= 0.3 is 0 Å². The van der Waals surface area contributed by atoms with Gasteiger partial charge < -0.3 is 5.73 Å². The summed E-state index contributed by atoms with van der Waals surface area (Å²) in [5.74, 6) is -0.305. The molecule has 0 amide bonds. The van der Waals surface area contributed by atoms with Gasteiger partial charge in [-0.3, -0.25) is 0 Å². The normalized spacial score (nSPS) is 11.8. The van der Waals surface area contributed by atoms with Crippen molar-refractivity contribution in [2.24, 2.45) is 5.73 Å². The van der Waals surface area contributed by atoms with Crippen LogP contribution in [0.1, 0.15) is 25.0 Å². The van der Waals surface area contributed by atoms with Gasteiger partial charge in [0.25, 0.3) is 0 Å². The van der Waals surface area contributed by atoms with Crippen LogP contribution in [0.5, 0.6) is 0 Å². The molecule has 0 atom stereocenters. The van der Waals surface area contributed by atoms with Gasteiger partial charge in [0.05, 0.1) is 0 Å². The van der Waals surface area contributed by atoms with Crippen LogP contribution in [0.4, 0.5) is 4.39 Å². The molecule has 72 valence electrons. The van der Waals surface area contributed by atoms with Crippen LogP contribution in [0.15, 0.2) is 12.1 Å². The van der Waals surface area contributed by atoms with Gasteiger partial charge in [0.1, 0.15) is 5.82 Å². The first-order chi connectivity index (χ1) is 5.82. The van der Waals surface area contributed by atoms with E-state index >= 15 is 0 Å². The predicted molar refractivity (Wildman–Crippen MR) is 53.4 cm³/mol. The van der Waals surface area contributed by atoms with E-state index in [0.717, 1.165) is 0 Å². The maximum atomic E-state index is 13.2. The van der Waals surface area contributed by atoms with E-state index in [1.807, 2.05) is 13.8 Å². The fourth-order valence-electron chi connectivity index (χ4n) is 1.02. The Labute approximate surface area is 82.7 Å². The number of hydrogen-bond donors (Lipinski definition) is 1. The molecule has 0 saturated heterocycles. The topological polar surface area (TPSA) is 26.0 Å². The van der Waals surface area contributed by atoms with Crippen molar-refractivity contribution in [3.8, 4) is 0 Å². The number of benzene rings is 1. The molecule has 3 heteroatoms. The van der Waals surface area contributed by atoms with Crippen LogP contribution in [0.2, 0.25) is 5.02 Å². The average Bonchev–Trinajstić information content (AvgIpc) is 1.97. The van der Waals surface area contributed by atoms with E-state index < -0.39 is 5.54 Å². The molecule has 13 heavy (non-hydrogen) atoms. The van der Waals surface area contributed by atoms with Crippen molar-refractivity contribution in [3.63, 3.8) is 0 Å². The second-order valence-electron chi connectivity index (χ2n) is 3.79. The Kier molecular flexibility index (Phi) is 2.64. The summed E-state index contributed by atoms with van der Waals surface area (Å²) in [6.07, 6.45) is 0. The Morgan fingerprint density at radius 3 is 2.31 bits per heavy atom. The molecule has 0 aliphatic carbocycles. The van der Waals surface area contributed by atoms with Crippen molar-refractivity contribution >= 4 is 11.6 Å². The van der Waals surface area contributed by atoms with E-state index in [4.69, 9.17) is 17.3 Å². The van der Waals surface area contributed by atoms with Gasteiger partial charge in [0.15, 0.2) is 0 Å². The molecule has 0 aliphatic heterocycles. The third-order valence-corrected chi connectivity index (χ3v) is 2.42. The standard InChI is InChI=1S/C10H13ClFN/c1-6-8(11)4-7(5-9(6)12)10(2,3)13/h4-5H,13H2,1-3H3. The monoisotopic (exact) mass is 201 g/mol. The minimum atomic E-state index is -0.557. The van der Waals surface area contributed by atoms with Crippen molar-refractivity contribution in [1.82, 2.24) is 0 Å². The molecule has 1 rings (SSSR count). The minimum absolute atomic E-state index is 0.305.